The standard InChI is InChI=1S/C23H32N6O3/c1-15(2)26-23-25-11-9-20(27-23)29(12-5-6-18(24)22(31)28(3)4)21(30)17-7-8-19-16(14-17)10-13-32-19/h7-9,11,14-15,18H,5-6,10,12-13,24H2,1-4H3,(H,25,26,27). The number of benzene rings is 1. The van der Waals surface area contributed by atoms with Crippen molar-refractivity contribution in [3.63, 3.8) is 0 Å². The van der Waals surface area contributed by atoms with E-state index in [4.69, 9.17) is 10.5 Å². The molecule has 2 aromatic rings. The van der Waals surface area contributed by atoms with E-state index in [1.54, 1.807) is 37.3 Å². The Balaban J connectivity index is 1.82. The summed E-state index contributed by atoms with van der Waals surface area (Å²) in [7, 11) is 3.36. The maximum absolute atomic E-state index is 13.5. The maximum Gasteiger partial charge on any atom is 0.259 e. The third kappa shape index (κ3) is 5.73. The van der Waals surface area contributed by atoms with E-state index in [-0.39, 0.29) is 17.9 Å². The number of nitrogens with two attached hydrogens (primary N) is 1. The predicted molar refractivity (Wildman–Crippen MR) is 124 cm³/mol. The first-order valence-corrected chi connectivity index (χ1v) is 10.9. The highest BCUT2D eigenvalue weighted by atomic mass is 16.5. The van der Waals surface area contributed by atoms with Crippen molar-refractivity contribution in [1.82, 2.24) is 14.9 Å². The summed E-state index contributed by atoms with van der Waals surface area (Å²) in [5.41, 5.74) is 7.62. The number of likely N-dealkylation sites (N-methyl/N-ethyl adjacent to an activating group) is 1. The average Bonchev–Trinajstić information content (AvgIpc) is 3.23. The smallest absolute Gasteiger partial charge is 0.259 e. The van der Waals surface area contributed by atoms with Crippen LogP contribution in [0.15, 0.2) is 30.5 Å². The van der Waals surface area contributed by atoms with Crippen molar-refractivity contribution in [2.45, 2.75) is 45.2 Å². The first kappa shape index (κ1) is 23.5. The van der Waals surface area contributed by atoms with E-state index < -0.39 is 6.04 Å². The van der Waals surface area contributed by atoms with Crippen molar-refractivity contribution in [1.29, 1.82) is 0 Å². The van der Waals surface area contributed by atoms with Gasteiger partial charge in [0.1, 0.15) is 11.6 Å². The number of ether oxygens (including phenoxy) is 1. The number of anilines is 2. The molecular formula is C23H32N6O3. The van der Waals surface area contributed by atoms with Crippen LogP contribution in [0.1, 0.15) is 42.6 Å². The largest absolute Gasteiger partial charge is 0.493 e. The molecule has 0 fully saturated rings. The molecule has 2 amide bonds. The van der Waals surface area contributed by atoms with E-state index in [0.29, 0.717) is 43.3 Å². The van der Waals surface area contributed by atoms with Crippen LogP contribution in [0, 0.1) is 0 Å². The Hall–Kier alpha value is -3.20. The molecule has 0 aliphatic carbocycles. The zero-order valence-electron chi connectivity index (χ0n) is 19.2. The summed E-state index contributed by atoms with van der Waals surface area (Å²) >= 11 is 0. The van der Waals surface area contributed by atoms with Crippen molar-refractivity contribution in [3.8, 4) is 5.75 Å². The lowest BCUT2D eigenvalue weighted by Crippen LogP contribution is -2.40. The Labute approximate surface area is 189 Å². The summed E-state index contributed by atoms with van der Waals surface area (Å²) in [5, 5.41) is 3.17. The Morgan fingerprint density at radius 1 is 1.25 bits per heavy atom. The number of carbonyl (C=O) groups is 2. The summed E-state index contributed by atoms with van der Waals surface area (Å²) < 4.78 is 5.56. The molecule has 9 nitrogen and oxygen atoms in total. The fourth-order valence-electron chi connectivity index (χ4n) is 3.55. The van der Waals surface area contributed by atoms with Gasteiger partial charge in [-0.1, -0.05) is 0 Å². The number of carbonyl (C=O) groups excluding carboxylic acids is 2. The minimum atomic E-state index is -0.609. The zero-order valence-corrected chi connectivity index (χ0v) is 19.2. The minimum absolute atomic E-state index is 0.132. The van der Waals surface area contributed by atoms with E-state index in [2.05, 4.69) is 15.3 Å². The first-order valence-electron chi connectivity index (χ1n) is 10.9. The van der Waals surface area contributed by atoms with Gasteiger partial charge in [0.25, 0.3) is 5.91 Å². The van der Waals surface area contributed by atoms with Crippen LogP contribution in [0.25, 0.3) is 0 Å². The van der Waals surface area contributed by atoms with Crippen LogP contribution in [-0.2, 0) is 11.2 Å². The maximum atomic E-state index is 13.5. The molecule has 32 heavy (non-hydrogen) atoms. The molecule has 2 heterocycles. The lowest BCUT2D eigenvalue weighted by atomic mass is 10.1. The van der Waals surface area contributed by atoms with Gasteiger partial charge in [-0.25, -0.2) is 4.98 Å². The summed E-state index contributed by atoms with van der Waals surface area (Å²) in [6, 6.07) is 6.75. The second-order valence-electron chi connectivity index (χ2n) is 8.40. The molecular weight excluding hydrogens is 408 g/mol. The van der Waals surface area contributed by atoms with Crippen molar-refractivity contribution in [2.24, 2.45) is 5.73 Å². The van der Waals surface area contributed by atoms with Crippen molar-refractivity contribution < 1.29 is 14.3 Å². The number of nitrogens with one attached hydrogen (secondary N) is 1. The van der Waals surface area contributed by atoms with Crippen LogP contribution in [0.3, 0.4) is 0 Å². The normalized spacial score (nSPS) is 13.3. The topological polar surface area (TPSA) is 114 Å². The molecule has 0 bridgehead atoms. The first-order chi connectivity index (χ1) is 15.3. The van der Waals surface area contributed by atoms with E-state index in [9.17, 15) is 9.59 Å². The molecule has 0 radical (unpaired) electrons. The Bertz CT molecular complexity index is 962. The summed E-state index contributed by atoms with van der Waals surface area (Å²) in [5.74, 6) is 1.48. The molecule has 1 aliphatic heterocycles. The van der Waals surface area contributed by atoms with Gasteiger partial charge in [-0.05, 0) is 56.5 Å². The SMILES string of the molecule is CC(C)Nc1nccc(N(CCCC(N)C(=O)N(C)C)C(=O)c2ccc3c(c2)CCO3)n1. The van der Waals surface area contributed by atoms with Crippen LogP contribution in [-0.4, -0.2) is 66.0 Å². The highest BCUT2D eigenvalue weighted by Gasteiger charge is 2.23. The molecule has 3 rings (SSSR count). The van der Waals surface area contributed by atoms with Crippen molar-refractivity contribution in [2.75, 3.05) is 37.5 Å². The van der Waals surface area contributed by atoms with Crippen LogP contribution < -0.4 is 20.7 Å². The lowest BCUT2D eigenvalue weighted by molar-refractivity contribution is -0.130. The van der Waals surface area contributed by atoms with Gasteiger partial charge in [-0.2, -0.15) is 4.98 Å². The number of hydrogen-bond acceptors (Lipinski definition) is 7. The van der Waals surface area contributed by atoms with Crippen LogP contribution in [0.4, 0.5) is 11.8 Å². The van der Waals surface area contributed by atoms with Gasteiger partial charge in [0.2, 0.25) is 11.9 Å². The Morgan fingerprint density at radius 2 is 2.03 bits per heavy atom. The molecule has 1 aliphatic rings. The third-order valence-electron chi connectivity index (χ3n) is 5.17. The molecule has 0 spiro atoms. The summed E-state index contributed by atoms with van der Waals surface area (Å²) in [6.45, 7) is 4.99. The number of rotatable bonds is 9. The molecule has 1 unspecified atom stereocenters. The molecule has 0 saturated heterocycles. The lowest BCUT2D eigenvalue weighted by Gasteiger charge is -2.24. The molecule has 1 aromatic heterocycles. The van der Waals surface area contributed by atoms with Gasteiger partial charge in [0, 0.05) is 44.9 Å². The number of hydrogen-bond donors (Lipinski definition) is 2. The highest BCUT2D eigenvalue weighted by Crippen LogP contribution is 2.27. The van der Waals surface area contributed by atoms with Gasteiger partial charge in [-0.3, -0.25) is 14.5 Å². The van der Waals surface area contributed by atoms with E-state index in [0.717, 1.165) is 17.7 Å². The van der Waals surface area contributed by atoms with Crippen molar-refractivity contribution in [3.05, 3.63) is 41.6 Å². The number of fused-ring (bicyclic) bond motifs is 1. The molecule has 9 heteroatoms. The number of nitrogens with zero attached hydrogens (tertiary/aromatic N) is 4. The number of aromatic nitrogens is 2. The summed E-state index contributed by atoms with van der Waals surface area (Å²) in [4.78, 5) is 37.5. The van der Waals surface area contributed by atoms with Crippen LogP contribution in [0.5, 0.6) is 5.75 Å². The Morgan fingerprint density at radius 3 is 2.75 bits per heavy atom. The molecule has 1 aromatic carbocycles. The monoisotopic (exact) mass is 440 g/mol. The van der Waals surface area contributed by atoms with Crippen LogP contribution in [0.2, 0.25) is 0 Å². The van der Waals surface area contributed by atoms with E-state index in [1.165, 1.54) is 4.90 Å². The second kappa shape index (κ2) is 10.4. The van der Waals surface area contributed by atoms with E-state index >= 15 is 0 Å². The zero-order chi connectivity index (χ0) is 23.3. The van der Waals surface area contributed by atoms with Gasteiger partial charge in [0.15, 0.2) is 0 Å². The molecule has 0 saturated carbocycles. The van der Waals surface area contributed by atoms with Gasteiger partial charge >= 0.3 is 0 Å². The highest BCUT2D eigenvalue weighted by molar-refractivity contribution is 6.05. The number of amides is 2. The van der Waals surface area contributed by atoms with Crippen molar-refractivity contribution >= 4 is 23.6 Å². The molecule has 3 N–H and O–H groups in total. The second-order valence-corrected chi connectivity index (χ2v) is 8.40. The Kier molecular flexibility index (Phi) is 7.63. The fraction of sp³-hybridized carbons (Fsp3) is 0.478. The molecule has 1 atom stereocenters. The predicted octanol–water partition coefficient (Wildman–Crippen LogP) is 2.07. The quantitative estimate of drug-likeness (QED) is 0.614. The summed E-state index contributed by atoms with van der Waals surface area (Å²) in [6.07, 6.45) is 3.43. The minimum Gasteiger partial charge on any atom is -0.493 e. The van der Waals surface area contributed by atoms with Crippen LogP contribution >= 0.6 is 0 Å². The van der Waals surface area contributed by atoms with E-state index in [1.807, 2.05) is 26.0 Å². The van der Waals surface area contributed by atoms with Gasteiger partial charge in [0.05, 0.1) is 12.6 Å². The fourth-order valence-corrected chi connectivity index (χ4v) is 3.55. The molecule has 172 valence electrons. The average molecular weight is 441 g/mol. The van der Waals surface area contributed by atoms with Gasteiger partial charge in [-0.15, -0.1) is 0 Å². The van der Waals surface area contributed by atoms with Gasteiger partial charge < -0.3 is 20.7 Å². The third-order valence-corrected chi connectivity index (χ3v) is 5.17.